The van der Waals surface area contributed by atoms with Gasteiger partial charge in [-0.05, 0) is 23.8 Å². The van der Waals surface area contributed by atoms with Crippen LogP contribution in [-0.2, 0) is 6.54 Å². The zero-order valence-corrected chi connectivity index (χ0v) is 13.8. The predicted molar refractivity (Wildman–Crippen MR) is 91.1 cm³/mol. The molecule has 8 heteroatoms. The third-order valence-corrected chi connectivity index (χ3v) is 3.84. The molecule has 0 saturated heterocycles. The van der Waals surface area contributed by atoms with Gasteiger partial charge >= 0.3 is 0 Å². The van der Waals surface area contributed by atoms with Crippen LogP contribution < -0.4 is 9.47 Å². The minimum absolute atomic E-state index is 0.443. The van der Waals surface area contributed by atoms with Gasteiger partial charge in [0.05, 0.1) is 27.0 Å². The van der Waals surface area contributed by atoms with Crippen LogP contribution in [0.2, 0.25) is 0 Å². The highest BCUT2D eigenvalue weighted by Gasteiger charge is 2.15. The maximum atomic E-state index is 5.47. The quantitative estimate of drug-likeness (QED) is 0.555. The number of benzene rings is 1. The summed E-state index contributed by atoms with van der Waals surface area (Å²) in [6.07, 6.45) is 5.16. The van der Waals surface area contributed by atoms with Gasteiger partial charge in [-0.3, -0.25) is 4.68 Å². The number of methoxy groups -OCH3 is 2. The van der Waals surface area contributed by atoms with Gasteiger partial charge < -0.3 is 9.47 Å². The summed E-state index contributed by atoms with van der Waals surface area (Å²) >= 11 is 0. The van der Waals surface area contributed by atoms with Crippen molar-refractivity contribution >= 4 is 11.0 Å². The first-order chi connectivity index (χ1) is 12.3. The fourth-order valence-corrected chi connectivity index (χ4v) is 2.61. The molecule has 4 aromatic rings. The van der Waals surface area contributed by atoms with Crippen LogP contribution in [0.5, 0.6) is 11.6 Å². The number of hydrogen-bond donors (Lipinski definition) is 0. The Balaban J connectivity index is 1.74. The molecule has 25 heavy (non-hydrogen) atoms. The monoisotopic (exact) mass is 336 g/mol. The molecule has 0 bridgehead atoms. The first-order valence-electron chi connectivity index (χ1n) is 7.69. The number of rotatable bonds is 5. The van der Waals surface area contributed by atoms with E-state index in [1.807, 2.05) is 35.0 Å². The number of ether oxygens (including phenoxy) is 2. The van der Waals surface area contributed by atoms with Gasteiger partial charge in [-0.2, -0.15) is 15.2 Å². The van der Waals surface area contributed by atoms with Gasteiger partial charge in [-0.15, -0.1) is 0 Å². The van der Waals surface area contributed by atoms with E-state index in [-0.39, 0.29) is 0 Å². The summed E-state index contributed by atoms with van der Waals surface area (Å²) in [5.41, 5.74) is 2.53. The lowest BCUT2D eigenvalue weighted by molar-refractivity contribution is 0.398. The lowest BCUT2D eigenvalue weighted by Gasteiger charge is -2.08. The first-order valence-corrected chi connectivity index (χ1v) is 7.69. The van der Waals surface area contributed by atoms with Crippen molar-refractivity contribution < 1.29 is 9.47 Å². The molecule has 0 fully saturated rings. The minimum Gasteiger partial charge on any atom is -0.497 e. The van der Waals surface area contributed by atoms with Gasteiger partial charge in [0.2, 0.25) is 5.88 Å². The molecule has 0 spiro atoms. The van der Waals surface area contributed by atoms with Crippen LogP contribution in [-0.4, -0.2) is 43.7 Å². The summed E-state index contributed by atoms with van der Waals surface area (Å²) < 4.78 is 14.1. The average molecular weight is 336 g/mol. The minimum atomic E-state index is 0.443. The van der Waals surface area contributed by atoms with Crippen molar-refractivity contribution in [1.82, 2.24) is 29.5 Å². The topological polar surface area (TPSA) is 79.9 Å². The van der Waals surface area contributed by atoms with Crippen molar-refractivity contribution in [2.75, 3.05) is 14.2 Å². The number of nitrogens with zero attached hydrogens (tertiary/aromatic N) is 6. The molecule has 0 aliphatic carbocycles. The summed E-state index contributed by atoms with van der Waals surface area (Å²) in [5, 5.41) is 8.59. The van der Waals surface area contributed by atoms with Gasteiger partial charge in [-0.1, -0.05) is 12.1 Å². The van der Waals surface area contributed by atoms with Crippen LogP contribution in [0.15, 0.2) is 48.9 Å². The second-order valence-electron chi connectivity index (χ2n) is 5.37. The Morgan fingerprint density at radius 2 is 1.84 bits per heavy atom. The Morgan fingerprint density at radius 3 is 2.52 bits per heavy atom. The highest BCUT2D eigenvalue weighted by atomic mass is 16.5. The molecule has 0 unspecified atom stereocenters. The second-order valence-corrected chi connectivity index (χ2v) is 5.37. The molecule has 8 nitrogen and oxygen atoms in total. The summed E-state index contributed by atoms with van der Waals surface area (Å²) in [5.74, 6) is 1.72. The molecule has 0 atom stereocenters. The SMILES string of the molecule is COc1ccc(Cn2ncc3nc(-n4cccn4)nc(OC)c32)cc1. The van der Waals surface area contributed by atoms with E-state index in [4.69, 9.17) is 9.47 Å². The summed E-state index contributed by atoms with van der Waals surface area (Å²) in [7, 11) is 3.23. The van der Waals surface area contributed by atoms with Crippen molar-refractivity contribution in [2.45, 2.75) is 6.54 Å². The molecule has 0 N–H and O–H groups in total. The molecule has 0 saturated carbocycles. The van der Waals surface area contributed by atoms with Crippen LogP contribution in [0.3, 0.4) is 0 Å². The molecule has 126 valence electrons. The zero-order chi connectivity index (χ0) is 17.2. The van der Waals surface area contributed by atoms with E-state index in [1.165, 1.54) is 0 Å². The Labute approximate surface area is 143 Å². The maximum Gasteiger partial charge on any atom is 0.254 e. The van der Waals surface area contributed by atoms with Gasteiger partial charge in [-0.25, -0.2) is 9.67 Å². The van der Waals surface area contributed by atoms with Gasteiger partial charge in [0, 0.05) is 12.4 Å². The van der Waals surface area contributed by atoms with Crippen LogP contribution in [0.1, 0.15) is 5.56 Å². The number of aromatic nitrogens is 6. The van der Waals surface area contributed by atoms with E-state index < -0.39 is 0 Å². The Hall–Kier alpha value is -3.42. The van der Waals surface area contributed by atoms with Crippen molar-refractivity contribution in [2.24, 2.45) is 0 Å². The van der Waals surface area contributed by atoms with Gasteiger partial charge in [0.15, 0.2) is 0 Å². The van der Waals surface area contributed by atoms with Crippen LogP contribution in [0, 0.1) is 0 Å². The second kappa shape index (κ2) is 6.23. The zero-order valence-electron chi connectivity index (χ0n) is 13.8. The van der Waals surface area contributed by atoms with Gasteiger partial charge in [0.25, 0.3) is 5.95 Å². The van der Waals surface area contributed by atoms with E-state index in [0.29, 0.717) is 23.9 Å². The lowest BCUT2D eigenvalue weighted by atomic mass is 10.2. The van der Waals surface area contributed by atoms with Crippen LogP contribution in [0.25, 0.3) is 17.0 Å². The van der Waals surface area contributed by atoms with Crippen molar-refractivity contribution in [1.29, 1.82) is 0 Å². The van der Waals surface area contributed by atoms with Crippen molar-refractivity contribution in [3.05, 3.63) is 54.5 Å². The van der Waals surface area contributed by atoms with Crippen molar-refractivity contribution in [3.63, 3.8) is 0 Å². The third-order valence-electron chi connectivity index (χ3n) is 3.84. The Kier molecular flexibility index (Phi) is 3.77. The maximum absolute atomic E-state index is 5.47. The van der Waals surface area contributed by atoms with Crippen molar-refractivity contribution in [3.8, 4) is 17.6 Å². The smallest absolute Gasteiger partial charge is 0.254 e. The predicted octanol–water partition coefficient (Wildman–Crippen LogP) is 2.08. The summed E-state index contributed by atoms with van der Waals surface area (Å²) in [4.78, 5) is 8.97. The largest absolute Gasteiger partial charge is 0.497 e. The Morgan fingerprint density at radius 1 is 1.00 bits per heavy atom. The molecule has 3 heterocycles. The molecule has 3 aromatic heterocycles. The van der Waals surface area contributed by atoms with E-state index in [0.717, 1.165) is 16.8 Å². The molecular formula is C17H16N6O2. The normalized spacial score (nSPS) is 11.0. The van der Waals surface area contributed by atoms with Crippen LogP contribution >= 0.6 is 0 Å². The Bertz CT molecular complexity index is 992. The molecule has 0 amide bonds. The van der Waals surface area contributed by atoms with E-state index in [1.54, 1.807) is 37.5 Å². The molecule has 1 aromatic carbocycles. The fourth-order valence-electron chi connectivity index (χ4n) is 2.61. The molecule has 4 rings (SSSR count). The molecular weight excluding hydrogens is 320 g/mol. The lowest BCUT2D eigenvalue weighted by Crippen LogP contribution is -2.07. The molecule has 0 radical (unpaired) electrons. The average Bonchev–Trinajstić information content (AvgIpc) is 3.32. The summed E-state index contributed by atoms with van der Waals surface area (Å²) in [6, 6.07) is 9.65. The molecule has 0 aliphatic heterocycles. The first kappa shape index (κ1) is 15.1. The molecule has 0 aliphatic rings. The third kappa shape index (κ3) is 2.78. The highest BCUT2D eigenvalue weighted by Crippen LogP contribution is 2.24. The van der Waals surface area contributed by atoms with E-state index >= 15 is 0 Å². The van der Waals surface area contributed by atoms with E-state index in [9.17, 15) is 0 Å². The standard InChI is InChI=1S/C17H16N6O2/c1-24-13-6-4-12(5-7-13)11-23-15-14(10-19-23)20-17(21-16(15)25-2)22-9-3-8-18-22/h3-10H,11H2,1-2H3. The highest BCUT2D eigenvalue weighted by molar-refractivity contribution is 5.80. The number of hydrogen-bond acceptors (Lipinski definition) is 6. The summed E-state index contributed by atoms with van der Waals surface area (Å²) in [6.45, 7) is 0.578. The van der Waals surface area contributed by atoms with Gasteiger partial charge in [0.1, 0.15) is 16.8 Å². The fraction of sp³-hybridized carbons (Fsp3) is 0.176. The van der Waals surface area contributed by atoms with E-state index in [2.05, 4.69) is 20.2 Å². The number of fused-ring (bicyclic) bond motifs is 1. The van der Waals surface area contributed by atoms with Crippen LogP contribution in [0.4, 0.5) is 0 Å².